The molecule has 0 saturated heterocycles. The third-order valence-corrected chi connectivity index (χ3v) is 0. The third-order valence-electron chi connectivity index (χ3n) is 0. The average Bonchev–Trinajstić information content (AvgIpc) is 0. The summed E-state index contributed by atoms with van der Waals surface area (Å²) >= 11 is 0. The van der Waals surface area contributed by atoms with E-state index in [1.807, 2.05) is 0 Å². The summed E-state index contributed by atoms with van der Waals surface area (Å²) in [6, 6.07) is 0. The van der Waals surface area contributed by atoms with Gasteiger partial charge in [-0.2, -0.15) is 0 Å². The van der Waals surface area contributed by atoms with Gasteiger partial charge in [-0.05, 0) is 0 Å². The summed E-state index contributed by atoms with van der Waals surface area (Å²) in [4.78, 5) is 0. The molecule has 0 aromatic rings. The summed E-state index contributed by atoms with van der Waals surface area (Å²) in [5.74, 6) is 0. The van der Waals surface area contributed by atoms with E-state index in [9.17, 15) is 0 Å². The second-order valence-electron chi connectivity index (χ2n) is 0. The standard InChI is InChI=1S/Cd.Cr.Cu.Mn.Pb.Zn. The van der Waals surface area contributed by atoms with E-state index in [-0.39, 0.29) is 126 Å². The second kappa shape index (κ2) is 35.8. The predicted octanol–water partition coefficient (Wildman–Crippen LogP) is -0.393. The smallest absolute Gasteiger partial charge is 0 e. The minimum atomic E-state index is 0. The molecule has 32 valence electrons. The van der Waals surface area contributed by atoms with Crippen LogP contribution in [0, 0.1) is 0 Å². The van der Waals surface area contributed by atoms with Gasteiger partial charge < -0.3 is 0 Å². The van der Waals surface area contributed by atoms with Crippen molar-refractivity contribution in [1.29, 1.82) is 0 Å². The van der Waals surface area contributed by atoms with Gasteiger partial charge in [0, 0.05) is 126 Å². The number of hydrogen-bond donors (Lipinski definition) is 0. The Bertz CT molecular complexity index is 15.5. The molecule has 0 aromatic carbocycles. The molecule has 0 saturated carbocycles. The molecule has 0 rings (SSSR count). The van der Waals surface area contributed by atoms with E-state index in [0.717, 1.165) is 0 Å². The topological polar surface area (TPSA) is 0 Å². The molecule has 0 bridgehead atoms. The fourth-order valence-electron chi connectivity index (χ4n) is 0. The van der Waals surface area contributed by atoms with Crippen molar-refractivity contribution in [2.45, 2.75) is 0 Å². The predicted molar refractivity (Wildman–Crippen MR) is 5.75 cm³/mol. The molecular weight excluding hydrogens is 555 g/mol. The summed E-state index contributed by atoms with van der Waals surface area (Å²) in [7, 11) is 0. The summed E-state index contributed by atoms with van der Waals surface area (Å²) in [5, 5.41) is 0. The molecule has 0 fully saturated rings. The maximum absolute atomic E-state index is 0. The quantitative estimate of drug-likeness (QED) is 0.358. The van der Waals surface area contributed by atoms with E-state index < -0.39 is 0 Å². The fourth-order valence-corrected chi connectivity index (χ4v) is 0. The summed E-state index contributed by atoms with van der Waals surface area (Å²) in [5.41, 5.74) is 0. The zero-order valence-electron chi connectivity index (χ0n) is 3.00. The molecule has 0 aliphatic heterocycles. The molecule has 0 spiro atoms. The Morgan fingerprint density at radius 1 is 1.00 bits per heavy atom. The van der Waals surface area contributed by atoms with Crippen LogP contribution in [0.2, 0.25) is 0 Å². The fraction of sp³-hybridized carbons (Fsp3) is 0. The Hall–Kier alpha value is 4.04. The first-order chi connectivity index (χ1) is 0. The summed E-state index contributed by atoms with van der Waals surface area (Å²) in [6.07, 6.45) is 0. The van der Waals surface area contributed by atoms with Gasteiger partial charge in [0.05, 0.1) is 0 Å². The molecule has 0 aliphatic carbocycles. The van der Waals surface area contributed by atoms with Gasteiger partial charge in [0.15, 0.2) is 0 Å². The van der Waals surface area contributed by atoms with Gasteiger partial charge in [-0.3, -0.25) is 0 Å². The van der Waals surface area contributed by atoms with Crippen LogP contribution in [-0.2, 0) is 98.3 Å². The monoisotopic (exact) mass is 556 g/mol. The molecule has 0 unspecified atom stereocenters. The molecule has 0 aromatic heterocycles. The van der Waals surface area contributed by atoms with Crippen molar-refractivity contribution in [2.75, 3.05) is 0 Å². The van der Waals surface area contributed by atoms with Crippen LogP contribution in [0.25, 0.3) is 0 Å². The van der Waals surface area contributed by atoms with Crippen LogP contribution in [0.1, 0.15) is 0 Å². The second-order valence-corrected chi connectivity index (χ2v) is 0. The number of hydrogen-bond acceptors (Lipinski definition) is 0. The normalized spacial score (nSPS) is 0. The van der Waals surface area contributed by atoms with Crippen LogP contribution in [0.15, 0.2) is 0 Å². The molecule has 6 radical (unpaired) electrons. The van der Waals surface area contributed by atoms with Crippen molar-refractivity contribution in [3.63, 3.8) is 0 Å². The van der Waals surface area contributed by atoms with Crippen molar-refractivity contribution in [3.8, 4) is 0 Å². The minimum Gasteiger partial charge on any atom is 0 e. The molecule has 0 aliphatic rings. The molecule has 0 atom stereocenters. The zero-order chi connectivity index (χ0) is 0. The van der Waals surface area contributed by atoms with Crippen molar-refractivity contribution < 1.29 is 98.3 Å². The first kappa shape index (κ1) is 50.3. The van der Waals surface area contributed by atoms with Gasteiger partial charge in [0.2, 0.25) is 0 Å². The Morgan fingerprint density at radius 2 is 1.00 bits per heavy atom. The van der Waals surface area contributed by atoms with Crippen molar-refractivity contribution in [1.82, 2.24) is 0 Å². The van der Waals surface area contributed by atoms with Gasteiger partial charge in [0.1, 0.15) is 0 Å². The van der Waals surface area contributed by atoms with Crippen molar-refractivity contribution in [2.24, 2.45) is 0 Å². The summed E-state index contributed by atoms with van der Waals surface area (Å²) < 4.78 is 0. The Morgan fingerprint density at radius 3 is 1.00 bits per heavy atom. The molecule has 0 nitrogen and oxygen atoms in total. The van der Waals surface area contributed by atoms with Gasteiger partial charge in [0.25, 0.3) is 0 Å². The zero-order valence-corrected chi connectivity index (χ0v) is 17.3. The average molecular weight is 555 g/mol. The maximum atomic E-state index is 0. The van der Waals surface area contributed by atoms with Gasteiger partial charge in [-0.25, -0.2) is 0 Å². The van der Waals surface area contributed by atoms with Crippen LogP contribution in [0.4, 0.5) is 0 Å². The van der Waals surface area contributed by atoms with Gasteiger partial charge in [-0.15, -0.1) is 0 Å². The first-order valence-electron chi connectivity index (χ1n) is 0. The van der Waals surface area contributed by atoms with Crippen LogP contribution < -0.4 is 0 Å². The van der Waals surface area contributed by atoms with E-state index in [1.54, 1.807) is 0 Å². The first-order valence-corrected chi connectivity index (χ1v) is 0. The van der Waals surface area contributed by atoms with Crippen LogP contribution in [0.3, 0.4) is 0 Å². The van der Waals surface area contributed by atoms with E-state index >= 15 is 0 Å². The Labute approximate surface area is 123 Å². The molecule has 6 heteroatoms. The molecule has 0 amide bonds. The third kappa shape index (κ3) is 24.4. The summed E-state index contributed by atoms with van der Waals surface area (Å²) in [6.45, 7) is 0. The van der Waals surface area contributed by atoms with Crippen molar-refractivity contribution >= 4 is 27.3 Å². The SMILES string of the molecule is [Cd].[Cr].[Cu].[Mn].[Pb].[Zn]. The van der Waals surface area contributed by atoms with Crippen LogP contribution in [0.5, 0.6) is 0 Å². The van der Waals surface area contributed by atoms with E-state index in [2.05, 4.69) is 0 Å². The van der Waals surface area contributed by atoms with Crippen LogP contribution >= 0.6 is 0 Å². The van der Waals surface area contributed by atoms with E-state index in [4.69, 9.17) is 0 Å². The Kier molecular flexibility index (Phi) is 300. The Balaban J connectivity index is 0. The number of rotatable bonds is 0. The van der Waals surface area contributed by atoms with Crippen molar-refractivity contribution in [3.05, 3.63) is 0 Å². The molecular formula is CdCrCuMnPbZn. The molecule has 0 heterocycles. The van der Waals surface area contributed by atoms with Crippen LogP contribution in [-0.4, -0.2) is 27.3 Å². The van der Waals surface area contributed by atoms with E-state index in [0.29, 0.717) is 0 Å². The largest absolute Gasteiger partial charge is 0 e. The van der Waals surface area contributed by atoms with Gasteiger partial charge >= 0.3 is 0 Å². The molecule has 6 heavy (non-hydrogen) atoms. The van der Waals surface area contributed by atoms with E-state index in [1.165, 1.54) is 0 Å². The van der Waals surface area contributed by atoms with Gasteiger partial charge in [-0.1, -0.05) is 0 Å². The molecule has 0 N–H and O–H groups in total. The minimum absolute atomic E-state index is 0. The maximum Gasteiger partial charge on any atom is 0 e.